The van der Waals surface area contributed by atoms with Gasteiger partial charge in [-0.15, -0.1) is 0 Å². The van der Waals surface area contributed by atoms with Crippen molar-refractivity contribution < 1.29 is 0 Å². The molecule has 72 heavy (non-hydrogen) atoms. The summed E-state index contributed by atoms with van der Waals surface area (Å²) in [5.74, 6) is 0. The molecule has 2 aliphatic heterocycles. The summed E-state index contributed by atoms with van der Waals surface area (Å²) in [5.41, 5.74) is 37.9. The highest BCUT2D eigenvalue weighted by Gasteiger charge is 2.46. The van der Waals surface area contributed by atoms with E-state index in [2.05, 4.69) is 243 Å². The van der Waals surface area contributed by atoms with Crippen LogP contribution in [0.15, 0.2) is 109 Å². The van der Waals surface area contributed by atoms with Gasteiger partial charge in [0.05, 0.1) is 11.0 Å². The van der Waals surface area contributed by atoms with Crippen molar-refractivity contribution in [1.82, 2.24) is 4.57 Å². The molecule has 9 aromatic rings. The standard InChI is InChI=1S/C68H72B2N2/c1-37-19-27-62-56(31-37)69(64-45(9)41(5)39(3)42(6)46(64)10)58-33-50(34-59-66(58)72(62)63-28-20-38(2)32-57(63)70(59)65-47(11)43(7)40(4)44(8)48(65)12)49-21-25-53(26-22-49)71-60-29-23-51(67(13,14)15)35-54(60)55-36-52(68(16,17)18)24-30-61(55)71/h19-36H,1-18H3. The van der Waals surface area contributed by atoms with E-state index in [0.29, 0.717) is 0 Å². The van der Waals surface area contributed by atoms with Gasteiger partial charge in [0.25, 0.3) is 0 Å². The molecule has 2 nitrogen and oxygen atoms in total. The third kappa shape index (κ3) is 7.05. The molecule has 4 heteroatoms. The van der Waals surface area contributed by atoms with Crippen LogP contribution in [0.3, 0.4) is 0 Å². The van der Waals surface area contributed by atoms with Crippen LogP contribution in [-0.2, 0) is 10.8 Å². The van der Waals surface area contributed by atoms with Crippen LogP contribution in [0.2, 0.25) is 0 Å². The number of hydrogen-bond donors (Lipinski definition) is 0. The molecular formula is C68H72B2N2. The summed E-state index contributed by atoms with van der Waals surface area (Å²) in [5, 5.41) is 2.63. The first kappa shape index (κ1) is 47.8. The number of benzene rings is 8. The van der Waals surface area contributed by atoms with Crippen LogP contribution in [0, 0.1) is 83.1 Å². The Hall–Kier alpha value is -6.51. The zero-order valence-corrected chi connectivity index (χ0v) is 46.4. The molecule has 3 heterocycles. The minimum Gasteiger partial charge on any atom is -0.313 e. The normalized spacial score (nSPS) is 13.3. The number of rotatable bonds is 4. The Morgan fingerprint density at radius 2 is 0.722 bits per heavy atom. The fraction of sp³-hybridized carbons (Fsp3) is 0.294. The Kier molecular flexibility index (Phi) is 11.0. The number of fused-ring (bicyclic) bond motifs is 7. The summed E-state index contributed by atoms with van der Waals surface area (Å²) in [6, 6.07) is 43.5. The van der Waals surface area contributed by atoms with Crippen molar-refractivity contribution in [3.8, 4) is 16.8 Å². The van der Waals surface area contributed by atoms with Gasteiger partial charge in [-0.1, -0.05) is 147 Å². The molecule has 0 radical (unpaired) electrons. The monoisotopic (exact) mass is 939 g/mol. The van der Waals surface area contributed by atoms with Gasteiger partial charge in [-0.25, -0.2) is 0 Å². The second-order valence-corrected chi connectivity index (χ2v) is 24.3. The van der Waals surface area contributed by atoms with Gasteiger partial charge in [-0.05, 0) is 220 Å². The first-order valence-electron chi connectivity index (χ1n) is 26.5. The van der Waals surface area contributed by atoms with Crippen LogP contribution in [0.25, 0.3) is 38.6 Å². The molecule has 0 aliphatic carbocycles. The van der Waals surface area contributed by atoms with E-state index < -0.39 is 0 Å². The molecule has 1 aromatic heterocycles. The maximum absolute atomic E-state index is 2.66. The van der Waals surface area contributed by atoms with Gasteiger partial charge in [0, 0.05) is 33.5 Å². The molecule has 360 valence electrons. The Morgan fingerprint density at radius 1 is 0.347 bits per heavy atom. The van der Waals surface area contributed by atoms with Gasteiger partial charge in [0.1, 0.15) is 0 Å². The summed E-state index contributed by atoms with van der Waals surface area (Å²) < 4.78 is 2.49. The lowest BCUT2D eigenvalue weighted by molar-refractivity contribution is 0.590. The second-order valence-electron chi connectivity index (χ2n) is 24.3. The highest BCUT2D eigenvalue weighted by atomic mass is 15.2. The molecule has 0 unspecified atom stereocenters. The minimum absolute atomic E-state index is 0.0343. The maximum atomic E-state index is 2.66. The van der Waals surface area contributed by atoms with Crippen molar-refractivity contribution in [2.24, 2.45) is 0 Å². The largest absolute Gasteiger partial charge is 0.313 e. The maximum Gasteiger partial charge on any atom is 0.247 e. The predicted octanol–water partition coefficient (Wildman–Crippen LogP) is 13.9. The molecule has 8 aromatic carbocycles. The molecule has 0 atom stereocenters. The Balaban J connectivity index is 1.21. The van der Waals surface area contributed by atoms with E-state index in [1.807, 2.05) is 0 Å². The summed E-state index contributed by atoms with van der Waals surface area (Å²) in [6.45, 7) is 42.0. The summed E-state index contributed by atoms with van der Waals surface area (Å²) in [6.07, 6.45) is 0. The highest BCUT2D eigenvalue weighted by molar-refractivity contribution is 7.02. The second kappa shape index (κ2) is 16.5. The number of nitrogens with zero attached hydrogens (tertiary/aromatic N) is 2. The van der Waals surface area contributed by atoms with Crippen molar-refractivity contribution in [3.05, 3.63) is 187 Å². The highest BCUT2D eigenvalue weighted by Crippen LogP contribution is 2.42. The van der Waals surface area contributed by atoms with Crippen LogP contribution in [0.4, 0.5) is 17.1 Å². The van der Waals surface area contributed by atoms with Crippen molar-refractivity contribution >= 4 is 85.1 Å². The molecular weight excluding hydrogens is 866 g/mol. The summed E-state index contributed by atoms with van der Waals surface area (Å²) in [4.78, 5) is 2.66. The topological polar surface area (TPSA) is 8.17 Å². The fourth-order valence-electron chi connectivity index (χ4n) is 13.1. The van der Waals surface area contributed by atoms with Gasteiger partial charge in [0.2, 0.25) is 13.4 Å². The minimum atomic E-state index is 0.0343. The SMILES string of the molecule is Cc1ccc2c(c1)B(c1c(C)c(C)c(C)c(C)c1C)c1cc(-c3ccc(-n4c5ccc(C(C)(C)C)cc5c5cc(C(C)(C)C)ccc54)cc3)cc3c1N2c1ccc(C)cc1B3c1c(C)c(C)c(C)c(C)c1C. The average Bonchev–Trinajstić information content (AvgIpc) is 3.67. The Labute approximate surface area is 431 Å². The molecule has 0 saturated heterocycles. The zero-order chi connectivity index (χ0) is 51.4. The zero-order valence-electron chi connectivity index (χ0n) is 46.4. The summed E-state index contributed by atoms with van der Waals surface area (Å²) >= 11 is 0. The van der Waals surface area contributed by atoms with Gasteiger partial charge in [-0.3, -0.25) is 0 Å². The van der Waals surface area contributed by atoms with Crippen LogP contribution in [0.1, 0.15) is 119 Å². The van der Waals surface area contributed by atoms with E-state index in [-0.39, 0.29) is 24.3 Å². The van der Waals surface area contributed by atoms with Crippen LogP contribution < -0.4 is 37.7 Å². The van der Waals surface area contributed by atoms with Gasteiger partial charge in [-0.2, -0.15) is 0 Å². The quantitative estimate of drug-likeness (QED) is 0.160. The molecule has 0 saturated carbocycles. The number of aromatic nitrogens is 1. The lowest BCUT2D eigenvalue weighted by atomic mass is 9.29. The van der Waals surface area contributed by atoms with Crippen LogP contribution in [-0.4, -0.2) is 18.0 Å². The van der Waals surface area contributed by atoms with Gasteiger partial charge in [0.15, 0.2) is 0 Å². The third-order valence-electron chi connectivity index (χ3n) is 18.1. The van der Waals surface area contributed by atoms with Crippen molar-refractivity contribution in [2.45, 2.75) is 135 Å². The number of hydrogen-bond acceptors (Lipinski definition) is 1. The Bertz CT molecular complexity index is 3510. The lowest BCUT2D eigenvalue weighted by Gasteiger charge is -2.45. The first-order chi connectivity index (χ1) is 34.0. The molecule has 0 spiro atoms. The van der Waals surface area contributed by atoms with E-state index in [4.69, 9.17) is 0 Å². The Morgan fingerprint density at radius 3 is 1.10 bits per heavy atom. The number of aryl methyl sites for hydroxylation is 2. The fourth-order valence-corrected chi connectivity index (χ4v) is 13.1. The predicted molar refractivity (Wildman–Crippen MR) is 317 cm³/mol. The van der Waals surface area contributed by atoms with E-state index in [0.717, 1.165) is 0 Å². The van der Waals surface area contributed by atoms with Crippen molar-refractivity contribution in [3.63, 3.8) is 0 Å². The van der Waals surface area contributed by atoms with E-state index in [1.54, 1.807) is 0 Å². The molecule has 0 bridgehead atoms. The lowest BCUT2D eigenvalue weighted by Crippen LogP contribution is -2.66. The van der Waals surface area contributed by atoms with Crippen LogP contribution >= 0.6 is 0 Å². The van der Waals surface area contributed by atoms with Crippen molar-refractivity contribution in [1.29, 1.82) is 0 Å². The molecule has 11 rings (SSSR count). The third-order valence-corrected chi connectivity index (χ3v) is 18.1. The van der Waals surface area contributed by atoms with Gasteiger partial charge >= 0.3 is 0 Å². The van der Waals surface area contributed by atoms with Crippen molar-refractivity contribution in [2.75, 3.05) is 4.90 Å². The molecule has 0 N–H and O–H groups in total. The average molecular weight is 939 g/mol. The van der Waals surface area contributed by atoms with Crippen LogP contribution in [0.5, 0.6) is 0 Å². The molecule has 2 aliphatic rings. The molecule has 0 amide bonds. The number of anilines is 3. The summed E-state index contributed by atoms with van der Waals surface area (Å²) in [7, 11) is 0. The smallest absolute Gasteiger partial charge is 0.247 e. The van der Waals surface area contributed by atoms with E-state index in [1.165, 1.54) is 166 Å². The molecule has 0 fully saturated rings. The first-order valence-corrected chi connectivity index (χ1v) is 26.5. The van der Waals surface area contributed by atoms with Gasteiger partial charge < -0.3 is 9.47 Å². The van der Waals surface area contributed by atoms with E-state index >= 15 is 0 Å². The van der Waals surface area contributed by atoms with E-state index in [9.17, 15) is 0 Å².